The molecule has 0 saturated heterocycles. The van der Waals surface area contributed by atoms with Crippen LogP contribution in [0.5, 0.6) is 0 Å². The topological polar surface area (TPSA) is 45.8 Å². The van der Waals surface area contributed by atoms with Crippen LogP contribution >= 0.6 is 0 Å². The number of carbonyl (C=O) groups is 1. The molecule has 0 unspecified atom stereocenters. The summed E-state index contributed by atoms with van der Waals surface area (Å²) in [6.45, 7) is 0. The summed E-state index contributed by atoms with van der Waals surface area (Å²) in [5.74, 6) is 0.220. The average Bonchev–Trinajstić information content (AvgIpc) is 2.88. The molecule has 4 rings (SSSR count). The highest BCUT2D eigenvalue weighted by molar-refractivity contribution is 6.03. The Hall–Kier alpha value is -2.94. The molecule has 0 atom stereocenters. The normalized spacial score (nSPS) is 13.6. The minimum absolute atomic E-state index is 0.220. The van der Waals surface area contributed by atoms with Crippen molar-refractivity contribution in [2.24, 2.45) is 0 Å². The van der Waals surface area contributed by atoms with Crippen molar-refractivity contribution in [3.8, 4) is 11.3 Å². The monoisotopic (exact) mass is 314 g/mol. The third kappa shape index (κ3) is 2.69. The summed E-state index contributed by atoms with van der Waals surface area (Å²) in [5, 5.41) is 0. The molecule has 1 aliphatic rings. The van der Waals surface area contributed by atoms with E-state index in [0.29, 0.717) is 6.42 Å². The van der Waals surface area contributed by atoms with Crippen LogP contribution < -0.4 is 0 Å². The van der Waals surface area contributed by atoms with E-state index >= 15 is 0 Å². The van der Waals surface area contributed by atoms with Gasteiger partial charge in [0.25, 0.3) is 0 Å². The summed E-state index contributed by atoms with van der Waals surface area (Å²) in [5.41, 5.74) is 6.14. The fourth-order valence-electron chi connectivity index (χ4n) is 3.29. The van der Waals surface area contributed by atoms with Crippen molar-refractivity contribution in [2.45, 2.75) is 19.3 Å². The molecule has 3 nitrogen and oxygen atoms in total. The van der Waals surface area contributed by atoms with Gasteiger partial charge in [0.15, 0.2) is 5.78 Å². The predicted molar refractivity (Wildman–Crippen MR) is 95.9 cm³/mol. The minimum atomic E-state index is 0.220. The first-order valence-electron chi connectivity index (χ1n) is 8.22. The summed E-state index contributed by atoms with van der Waals surface area (Å²) < 4.78 is 0. The molecule has 3 heteroatoms. The zero-order valence-electron chi connectivity index (χ0n) is 13.3. The maximum atomic E-state index is 12.7. The Bertz CT molecular complexity index is 892. The number of hydrogen-bond donors (Lipinski definition) is 1. The molecule has 118 valence electrons. The second-order valence-corrected chi connectivity index (χ2v) is 6.03. The van der Waals surface area contributed by atoms with E-state index in [1.165, 1.54) is 5.56 Å². The number of carbonyl (C=O) groups excluding carboxylic acids is 1. The first-order valence-corrected chi connectivity index (χ1v) is 8.22. The number of hydrogen-bond acceptors (Lipinski definition) is 2. The van der Waals surface area contributed by atoms with Gasteiger partial charge in [-0.3, -0.25) is 9.78 Å². The van der Waals surface area contributed by atoms with Gasteiger partial charge in [-0.1, -0.05) is 36.4 Å². The van der Waals surface area contributed by atoms with Crippen LogP contribution in [-0.4, -0.2) is 15.8 Å². The number of H-pyrrole nitrogens is 1. The standard InChI is InChI=1S/C21H18N2O/c24-19-9-5-4-8-18-20(19)17(14-15-6-2-1-3-7-15)21(23-18)16-10-12-22-13-11-16/h1-4,6-8,10-13,23H,5,9,14H2. The molecule has 1 N–H and O–H groups in total. The lowest BCUT2D eigenvalue weighted by Gasteiger charge is -2.08. The Kier molecular flexibility index (Phi) is 3.83. The Morgan fingerprint density at radius 2 is 1.83 bits per heavy atom. The van der Waals surface area contributed by atoms with Gasteiger partial charge < -0.3 is 4.98 Å². The van der Waals surface area contributed by atoms with Gasteiger partial charge in [0, 0.05) is 42.1 Å². The van der Waals surface area contributed by atoms with Crippen molar-refractivity contribution in [1.29, 1.82) is 0 Å². The summed E-state index contributed by atoms with van der Waals surface area (Å²) >= 11 is 0. The molecule has 0 fully saturated rings. The molecule has 0 spiro atoms. The number of Topliss-reactive ketones (excluding diaryl/α,β-unsaturated/α-hetero) is 1. The minimum Gasteiger partial charge on any atom is -0.354 e. The molecule has 3 aromatic rings. The molecule has 0 bridgehead atoms. The predicted octanol–water partition coefficient (Wildman–Crippen LogP) is 4.66. The Balaban J connectivity index is 1.90. The van der Waals surface area contributed by atoms with E-state index in [4.69, 9.17) is 0 Å². The summed E-state index contributed by atoms with van der Waals surface area (Å²) in [7, 11) is 0. The van der Waals surface area contributed by atoms with Crippen LogP contribution in [0.1, 0.15) is 40.0 Å². The van der Waals surface area contributed by atoms with Crippen LogP contribution in [-0.2, 0) is 6.42 Å². The van der Waals surface area contributed by atoms with Crippen LogP contribution in [0.3, 0.4) is 0 Å². The maximum absolute atomic E-state index is 12.7. The van der Waals surface area contributed by atoms with Crippen molar-refractivity contribution in [3.63, 3.8) is 0 Å². The van der Waals surface area contributed by atoms with Gasteiger partial charge >= 0.3 is 0 Å². The van der Waals surface area contributed by atoms with Gasteiger partial charge in [-0.2, -0.15) is 0 Å². The van der Waals surface area contributed by atoms with E-state index in [2.05, 4.69) is 28.2 Å². The summed E-state index contributed by atoms with van der Waals surface area (Å²) in [4.78, 5) is 20.3. The highest BCUT2D eigenvalue weighted by atomic mass is 16.1. The maximum Gasteiger partial charge on any atom is 0.165 e. The number of allylic oxidation sites excluding steroid dienone is 1. The second-order valence-electron chi connectivity index (χ2n) is 6.03. The highest BCUT2D eigenvalue weighted by Crippen LogP contribution is 2.33. The fraction of sp³-hybridized carbons (Fsp3) is 0.143. The molecule has 1 aliphatic carbocycles. The van der Waals surface area contributed by atoms with E-state index in [9.17, 15) is 4.79 Å². The smallest absolute Gasteiger partial charge is 0.165 e. The molecule has 0 aliphatic heterocycles. The Morgan fingerprint density at radius 1 is 1.04 bits per heavy atom. The Morgan fingerprint density at radius 3 is 2.62 bits per heavy atom. The van der Waals surface area contributed by atoms with Gasteiger partial charge in [0.05, 0.1) is 5.69 Å². The molecular formula is C21H18N2O. The highest BCUT2D eigenvalue weighted by Gasteiger charge is 2.23. The number of aromatic amines is 1. The second kappa shape index (κ2) is 6.28. The molecule has 0 radical (unpaired) electrons. The van der Waals surface area contributed by atoms with Crippen molar-refractivity contribution in [1.82, 2.24) is 9.97 Å². The van der Waals surface area contributed by atoms with E-state index in [1.54, 1.807) is 12.4 Å². The number of pyridine rings is 1. The van der Waals surface area contributed by atoms with Crippen molar-refractivity contribution in [3.05, 3.63) is 83.3 Å². The third-order valence-electron chi connectivity index (χ3n) is 4.43. The lowest BCUT2D eigenvalue weighted by Crippen LogP contribution is -2.03. The molecule has 24 heavy (non-hydrogen) atoms. The molecule has 2 aromatic heterocycles. The number of benzene rings is 1. The first kappa shape index (κ1) is 14.6. The summed E-state index contributed by atoms with van der Waals surface area (Å²) in [6.07, 6.45) is 9.79. The van der Waals surface area contributed by atoms with Crippen molar-refractivity contribution >= 4 is 11.9 Å². The van der Waals surface area contributed by atoms with Gasteiger partial charge in [-0.25, -0.2) is 0 Å². The number of rotatable bonds is 3. The zero-order chi connectivity index (χ0) is 16.4. The van der Waals surface area contributed by atoms with Gasteiger partial charge in [0.1, 0.15) is 0 Å². The largest absolute Gasteiger partial charge is 0.354 e. The molecule has 2 heterocycles. The van der Waals surface area contributed by atoms with Gasteiger partial charge in [0.2, 0.25) is 0 Å². The number of ketones is 1. The summed E-state index contributed by atoms with van der Waals surface area (Å²) in [6, 6.07) is 14.3. The van der Waals surface area contributed by atoms with Crippen LogP contribution in [0.25, 0.3) is 17.3 Å². The quantitative estimate of drug-likeness (QED) is 0.764. The van der Waals surface area contributed by atoms with E-state index in [1.807, 2.05) is 36.4 Å². The molecule has 0 saturated carbocycles. The number of nitrogens with zero attached hydrogens (tertiary/aromatic N) is 1. The SMILES string of the molecule is O=C1CCC=Cc2[nH]c(-c3ccncc3)c(Cc3ccccc3)c21. The fourth-order valence-corrected chi connectivity index (χ4v) is 3.29. The lowest BCUT2D eigenvalue weighted by molar-refractivity contribution is 0.0983. The Labute approximate surface area is 141 Å². The van der Waals surface area contributed by atoms with E-state index in [-0.39, 0.29) is 5.78 Å². The molecular weight excluding hydrogens is 296 g/mol. The average molecular weight is 314 g/mol. The number of nitrogens with one attached hydrogen (secondary N) is 1. The number of fused-ring (bicyclic) bond motifs is 1. The van der Waals surface area contributed by atoms with Crippen molar-refractivity contribution < 1.29 is 4.79 Å². The van der Waals surface area contributed by atoms with Crippen LogP contribution in [0.15, 0.2) is 60.9 Å². The van der Waals surface area contributed by atoms with E-state index < -0.39 is 0 Å². The van der Waals surface area contributed by atoms with Gasteiger partial charge in [-0.15, -0.1) is 0 Å². The van der Waals surface area contributed by atoms with Gasteiger partial charge in [-0.05, 0) is 35.8 Å². The van der Waals surface area contributed by atoms with Crippen LogP contribution in [0.2, 0.25) is 0 Å². The first-order chi connectivity index (χ1) is 11.8. The van der Waals surface area contributed by atoms with Crippen LogP contribution in [0, 0.1) is 0 Å². The lowest BCUT2D eigenvalue weighted by atomic mass is 9.95. The number of aromatic nitrogens is 2. The molecule has 1 aromatic carbocycles. The molecule has 0 amide bonds. The zero-order valence-corrected chi connectivity index (χ0v) is 13.3. The van der Waals surface area contributed by atoms with Crippen molar-refractivity contribution in [2.75, 3.05) is 0 Å². The third-order valence-corrected chi connectivity index (χ3v) is 4.43. The van der Waals surface area contributed by atoms with Crippen LogP contribution in [0.4, 0.5) is 0 Å². The van der Waals surface area contributed by atoms with E-state index in [0.717, 1.165) is 40.9 Å².